The van der Waals surface area contributed by atoms with Crippen molar-refractivity contribution in [1.82, 2.24) is 4.98 Å². The molecule has 3 aromatic carbocycles. The molecule has 0 amide bonds. The van der Waals surface area contributed by atoms with Crippen molar-refractivity contribution < 1.29 is 14.3 Å². The topological polar surface area (TPSA) is 72.2 Å². The molecule has 4 aromatic rings. The molecule has 0 aliphatic carbocycles. The fraction of sp³-hybridized carbons (Fsp3) is 0.0800. The summed E-state index contributed by atoms with van der Waals surface area (Å²) < 4.78 is 11.7. The molecular weight excluding hydrogens is 412 g/mol. The summed E-state index contributed by atoms with van der Waals surface area (Å²) in [5.41, 5.74) is 3.70. The quantitative estimate of drug-likeness (QED) is 0.434. The van der Waals surface area contributed by atoms with Crippen molar-refractivity contribution in [2.75, 3.05) is 0 Å². The summed E-state index contributed by atoms with van der Waals surface area (Å²) in [5, 5.41) is 10.7. The number of fused-ring (bicyclic) bond motifs is 3. The molecule has 0 saturated heterocycles. The molecule has 0 radical (unpaired) electrons. The van der Waals surface area contributed by atoms with Gasteiger partial charge in [0.25, 0.3) is 0 Å². The van der Waals surface area contributed by atoms with Gasteiger partial charge in [-0.25, -0.2) is 4.98 Å². The Labute approximate surface area is 183 Å². The molecule has 0 fully saturated rings. The zero-order valence-electron chi connectivity index (χ0n) is 16.3. The number of halogens is 1. The van der Waals surface area contributed by atoms with Gasteiger partial charge in [-0.1, -0.05) is 23.7 Å². The molecule has 2 heterocycles. The molecule has 0 bridgehead atoms. The molecule has 150 valence electrons. The van der Waals surface area contributed by atoms with Gasteiger partial charge in [-0.3, -0.25) is 4.79 Å². The Kier molecular flexibility index (Phi) is 4.78. The second-order valence-corrected chi connectivity index (χ2v) is 7.62. The zero-order valence-corrected chi connectivity index (χ0v) is 17.0. The van der Waals surface area contributed by atoms with Crippen LogP contribution in [0.15, 0.2) is 66.7 Å². The van der Waals surface area contributed by atoms with Crippen LogP contribution < -0.4 is 9.47 Å². The predicted molar refractivity (Wildman–Crippen MR) is 116 cm³/mol. The van der Waals surface area contributed by atoms with Gasteiger partial charge in [0.15, 0.2) is 5.78 Å². The maximum atomic E-state index is 13.1. The summed E-state index contributed by atoms with van der Waals surface area (Å²) in [6.45, 7) is 0.478. The third-order valence-corrected chi connectivity index (χ3v) is 5.39. The first-order chi connectivity index (χ1) is 15.1. The van der Waals surface area contributed by atoms with Crippen LogP contribution in [0.5, 0.6) is 11.5 Å². The Morgan fingerprint density at radius 2 is 1.90 bits per heavy atom. The lowest BCUT2D eigenvalue weighted by molar-refractivity contribution is 0.103. The second kappa shape index (κ2) is 7.75. The molecule has 0 saturated carbocycles. The van der Waals surface area contributed by atoms with Gasteiger partial charge < -0.3 is 9.47 Å². The molecule has 0 atom stereocenters. The summed E-state index contributed by atoms with van der Waals surface area (Å²) in [6.07, 6.45) is 0. The van der Waals surface area contributed by atoms with E-state index in [1.807, 2.05) is 30.3 Å². The Bertz CT molecular complexity index is 1390. The van der Waals surface area contributed by atoms with Gasteiger partial charge in [0.2, 0.25) is 0 Å². The van der Waals surface area contributed by atoms with Crippen molar-refractivity contribution in [2.24, 2.45) is 0 Å². The molecule has 1 aliphatic heterocycles. The third kappa shape index (κ3) is 3.70. The average molecular weight is 427 g/mol. The van der Waals surface area contributed by atoms with E-state index in [4.69, 9.17) is 26.3 Å². The molecule has 6 heteroatoms. The van der Waals surface area contributed by atoms with E-state index in [0.29, 0.717) is 38.8 Å². The van der Waals surface area contributed by atoms with Crippen molar-refractivity contribution in [3.8, 4) is 17.6 Å². The third-order valence-electron chi connectivity index (χ3n) is 5.16. The number of benzene rings is 3. The highest BCUT2D eigenvalue weighted by Gasteiger charge is 2.23. The van der Waals surface area contributed by atoms with Gasteiger partial charge >= 0.3 is 0 Å². The van der Waals surface area contributed by atoms with Crippen LogP contribution in [0.1, 0.15) is 32.7 Å². The molecular formula is C25H15ClN2O3. The second-order valence-electron chi connectivity index (χ2n) is 7.19. The minimum Gasteiger partial charge on any atom is -0.488 e. The Morgan fingerprint density at radius 1 is 1.03 bits per heavy atom. The van der Waals surface area contributed by atoms with E-state index in [9.17, 15) is 4.79 Å². The largest absolute Gasteiger partial charge is 0.488 e. The van der Waals surface area contributed by atoms with Crippen LogP contribution in [-0.2, 0) is 13.2 Å². The van der Waals surface area contributed by atoms with Crippen molar-refractivity contribution >= 4 is 28.3 Å². The fourth-order valence-corrected chi connectivity index (χ4v) is 3.74. The predicted octanol–water partition coefficient (Wildman–Crippen LogP) is 5.46. The first-order valence-corrected chi connectivity index (χ1v) is 10.0. The number of hydrogen-bond acceptors (Lipinski definition) is 5. The maximum Gasteiger partial charge on any atom is 0.197 e. The van der Waals surface area contributed by atoms with Crippen LogP contribution in [0.25, 0.3) is 10.9 Å². The highest BCUT2D eigenvalue weighted by atomic mass is 35.5. The van der Waals surface area contributed by atoms with Crippen molar-refractivity contribution in [3.63, 3.8) is 0 Å². The van der Waals surface area contributed by atoms with Crippen LogP contribution in [0.4, 0.5) is 0 Å². The molecule has 0 unspecified atom stereocenters. The van der Waals surface area contributed by atoms with E-state index in [1.54, 1.807) is 36.4 Å². The zero-order chi connectivity index (χ0) is 21.4. The Morgan fingerprint density at radius 3 is 2.77 bits per heavy atom. The molecule has 1 aromatic heterocycles. The lowest BCUT2D eigenvalue weighted by Gasteiger charge is -2.10. The lowest BCUT2D eigenvalue weighted by atomic mass is 9.97. The van der Waals surface area contributed by atoms with E-state index < -0.39 is 0 Å². The number of carbonyl (C=O) groups excluding carboxylic acids is 1. The number of ether oxygens (including phenoxy) is 2. The van der Waals surface area contributed by atoms with Gasteiger partial charge in [-0.15, -0.1) is 0 Å². The van der Waals surface area contributed by atoms with E-state index in [-0.39, 0.29) is 19.0 Å². The standard InChI is InChI=1S/C25H15ClN2O3/c26-18-4-2-16-3-5-19(28-23(16)10-18)14-30-20-6-8-24-22(11-20)25(29)21-7-1-15(12-27)9-17(21)13-31-24/h1-11H,13-14H2. The number of pyridine rings is 1. The number of nitriles is 1. The number of aromatic nitrogens is 1. The molecule has 0 N–H and O–H groups in total. The first kappa shape index (κ1) is 19.1. The smallest absolute Gasteiger partial charge is 0.197 e. The average Bonchev–Trinajstić information content (AvgIpc) is 2.93. The van der Waals surface area contributed by atoms with Gasteiger partial charge in [0.05, 0.1) is 28.4 Å². The minimum atomic E-state index is -0.157. The minimum absolute atomic E-state index is 0.157. The van der Waals surface area contributed by atoms with E-state index in [2.05, 4.69) is 11.1 Å². The molecule has 5 rings (SSSR count). The van der Waals surface area contributed by atoms with Crippen LogP contribution in [0, 0.1) is 11.3 Å². The van der Waals surface area contributed by atoms with Gasteiger partial charge in [0.1, 0.15) is 24.7 Å². The highest BCUT2D eigenvalue weighted by Crippen LogP contribution is 2.32. The fourth-order valence-electron chi connectivity index (χ4n) is 3.58. The van der Waals surface area contributed by atoms with Crippen molar-refractivity contribution in [1.29, 1.82) is 5.26 Å². The summed E-state index contributed by atoms with van der Waals surface area (Å²) in [4.78, 5) is 17.7. The van der Waals surface area contributed by atoms with Crippen LogP contribution >= 0.6 is 11.6 Å². The normalized spacial score (nSPS) is 12.3. The number of nitrogens with zero attached hydrogens (tertiary/aromatic N) is 2. The lowest BCUT2D eigenvalue weighted by Crippen LogP contribution is -2.04. The maximum absolute atomic E-state index is 13.1. The summed E-state index contributed by atoms with van der Waals surface area (Å²) in [5.74, 6) is 0.877. The molecule has 0 spiro atoms. The van der Waals surface area contributed by atoms with Crippen molar-refractivity contribution in [2.45, 2.75) is 13.2 Å². The molecule has 1 aliphatic rings. The van der Waals surface area contributed by atoms with Gasteiger partial charge in [0, 0.05) is 21.5 Å². The summed E-state index contributed by atoms with van der Waals surface area (Å²) >= 11 is 6.06. The number of rotatable bonds is 3. The highest BCUT2D eigenvalue weighted by molar-refractivity contribution is 6.31. The number of carbonyl (C=O) groups is 1. The van der Waals surface area contributed by atoms with E-state index in [0.717, 1.165) is 16.6 Å². The summed E-state index contributed by atoms with van der Waals surface area (Å²) in [6, 6.07) is 21.7. The van der Waals surface area contributed by atoms with Crippen LogP contribution in [0.3, 0.4) is 0 Å². The van der Waals surface area contributed by atoms with E-state index >= 15 is 0 Å². The van der Waals surface area contributed by atoms with E-state index in [1.165, 1.54) is 0 Å². The monoisotopic (exact) mass is 426 g/mol. The summed E-state index contributed by atoms with van der Waals surface area (Å²) in [7, 11) is 0. The first-order valence-electron chi connectivity index (χ1n) is 9.63. The molecule has 5 nitrogen and oxygen atoms in total. The SMILES string of the molecule is N#Cc1ccc2c(c1)COc1ccc(OCc3ccc4ccc(Cl)cc4n3)cc1C2=O. The van der Waals surface area contributed by atoms with Crippen LogP contribution in [-0.4, -0.2) is 10.8 Å². The van der Waals surface area contributed by atoms with Gasteiger partial charge in [-0.2, -0.15) is 5.26 Å². The Balaban J connectivity index is 1.40. The van der Waals surface area contributed by atoms with Gasteiger partial charge in [-0.05, 0) is 54.6 Å². The number of ketones is 1. The molecule has 31 heavy (non-hydrogen) atoms. The van der Waals surface area contributed by atoms with Crippen LogP contribution in [0.2, 0.25) is 5.02 Å². The number of hydrogen-bond donors (Lipinski definition) is 0. The Hall–Kier alpha value is -3.88. The van der Waals surface area contributed by atoms with Crippen molar-refractivity contribution in [3.05, 3.63) is 99.7 Å².